The normalized spacial score (nSPS) is 16.5. The van der Waals surface area contributed by atoms with E-state index in [1.54, 1.807) is 0 Å². The van der Waals surface area contributed by atoms with Crippen molar-refractivity contribution in [2.75, 3.05) is 16.8 Å². The quantitative estimate of drug-likeness (QED) is 0.653. The summed E-state index contributed by atoms with van der Waals surface area (Å²) < 4.78 is 0. The third-order valence-electron chi connectivity index (χ3n) is 5.23. The highest BCUT2D eigenvalue weighted by Gasteiger charge is 2.33. The van der Waals surface area contributed by atoms with Crippen molar-refractivity contribution in [3.05, 3.63) is 57.9 Å². The number of fused-ring (bicyclic) bond motifs is 1. The van der Waals surface area contributed by atoms with Crippen molar-refractivity contribution < 1.29 is 0 Å². The molecule has 0 saturated carbocycles. The van der Waals surface area contributed by atoms with E-state index in [1.165, 1.54) is 33.6 Å². The summed E-state index contributed by atoms with van der Waals surface area (Å²) in [7, 11) is 2.12. The van der Waals surface area contributed by atoms with Crippen LogP contribution in [0, 0.1) is 34.3 Å². The maximum atomic E-state index is 7.32. The first-order chi connectivity index (χ1) is 10.9. The Kier molecular flexibility index (Phi) is 3.56. The summed E-state index contributed by atoms with van der Waals surface area (Å²) in [6.45, 7) is 18.3. The van der Waals surface area contributed by atoms with Crippen molar-refractivity contribution in [1.29, 1.82) is 0 Å². The number of benzene rings is 2. The van der Waals surface area contributed by atoms with Crippen LogP contribution in [0.1, 0.15) is 29.2 Å². The van der Waals surface area contributed by atoms with E-state index < -0.39 is 0 Å². The monoisotopic (exact) mass is 305 g/mol. The van der Waals surface area contributed by atoms with Crippen LogP contribution in [0.4, 0.5) is 22.7 Å². The molecule has 0 aromatic heterocycles. The van der Waals surface area contributed by atoms with Gasteiger partial charge in [0.15, 0.2) is 5.69 Å². The second-order valence-electron chi connectivity index (χ2n) is 6.51. The molecule has 3 nitrogen and oxygen atoms in total. The standard InChI is InChI=1S/C20H23N3/c1-12-10-13(2)15(4)20(14(12)3)23-16(5)22(7)18-9-8-17(21-6)11-19(18)23/h8-11,16H,1-5,7H3/t16-/m0/s1. The summed E-state index contributed by atoms with van der Waals surface area (Å²) >= 11 is 0. The molecule has 2 aromatic rings. The van der Waals surface area contributed by atoms with Crippen molar-refractivity contribution in [3.8, 4) is 0 Å². The van der Waals surface area contributed by atoms with Gasteiger partial charge < -0.3 is 9.80 Å². The van der Waals surface area contributed by atoms with Crippen LogP contribution in [-0.4, -0.2) is 13.2 Å². The van der Waals surface area contributed by atoms with Gasteiger partial charge in [-0.2, -0.15) is 0 Å². The van der Waals surface area contributed by atoms with Gasteiger partial charge in [0.2, 0.25) is 0 Å². The molecular formula is C20H23N3. The predicted octanol–water partition coefficient (Wildman–Crippen LogP) is 5.40. The van der Waals surface area contributed by atoms with Crippen LogP contribution >= 0.6 is 0 Å². The van der Waals surface area contributed by atoms with E-state index in [2.05, 4.69) is 68.4 Å². The highest BCUT2D eigenvalue weighted by Crippen LogP contribution is 2.47. The predicted molar refractivity (Wildman–Crippen MR) is 98.1 cm³/mol. The average molecular weight is 305 g/mol. The maximum Gasteiger partial charge on any atom is 0.189 e. The van der Waals surface area contributed by atoms with Crippen molar-refractivity contribution >= 4 is 22.7 Å². The molecule has 0 saturated heterocycles. The Morgan fingerprint density at radius 2 is 1.57 bits per heavy atom. The van der Waals surface area contributed by atoms with Gasteiger partial charge in [0, 0.05) is 12.7 Å². The van der Waals surface area contributed by atoms with E-state index in [0.717, 1.165) is 5.69 Å². The fraction of sp³-hybridized carbons (Fsp3) is 0.350. The summed E-state index contributed by atoms with van der Waals surface area (Å²) in [4.78, 5) is 8.27. The number of nitrogens with zero attached hydrogens (tertiary/aromatic N) is 3. The van der Waals surface area contributed by atoms with Gasteiger partial charge in [0.05, 0.1) is 17.9 Å². The third kappa shape index (κ3) is 2.17. The third-order valence-corrected chi connectivity index (χ3v) is 5.23. The van der Waals surface area contributed by atoms with Crippen molar-refractivity contribution in [2.24, 2.45) is 0 Å². The van der Waals surface area contributed by atoms with Gasteiger partial charge >= 0.3 is 0 Å². The van der Waals surface area contributed by atoms with Crippen LogP contribution in [0.2, 0.25) is 0 Å². The fourth-order valence-corrected chi connectivity index (χ4v) is 3.51. The van der Waals surface area contributed by atoms with E-state index in [-0.39, 0.29) is 6.17 Å². The minimum atomic E-state index is 0.226. The summed E-state index contributed by atoms with van der Waals surface area (Å²) in [6, 6.07) is 8.24. The van der Waals surface area contributed by atoms with Crippen LogP contribution < -0.4 is 9.80 Å². The minimum absolute atomic E-state index is 0.226. The van der Waals surface area contributed by atoms with Gasteiger partial charge in [-0.3, -0.25) is 0 Å². The molecule has 2 aromatic carbocycles. The largest absolute Gasteiger partial charge is 0.353 e. The van der Waals surface area contributed by atoms with Gasteiger partial charge in [-0.15, -0.1) is 0 Å². The van der Waals surface area contributed by atoms with Crippen LogP contribution in [0.5, 0.6) is 0 Å². The van der Waals surface area contributed by atoms with Crippen LogP contribution in [0.25, 0.3) is 4.85 Å². The lowest BCUT2D eigenvalue weighted by Gasteiger charge is -2.31. The zero-order valence-electron chi connectivity index (χ0n) is 14.7. The van der Waals surface area contributed by atoms with E-state index in [0.29, 0.717) is 5.69 Å². The molecule has 3 heteroatoms. The van der Waals surface area contributed by atoms with Crippen molar-refractivity contribution in [3.63, 3.8) is 0 Å². The van der Waals surface area contributed by atoms with E-state index in [9.17, 15) is 0 Å². The Bertz CT molecular complexity index is 804. The van der Waals surface area contributed by atoms with Gasteiger partial charge in [0.25, 0.3) is 0 Å². The highest BCUT2D eigenvalue weighted by atomic mass is 15.4. The molecule has 1 atom stereocenters. The Labute approximate surface area is 139 Å². The lowest BCUT2D eigenvalue weighted by atomic mass is 9.97. The fourth-order valence-electron chi connectivity index (χ4n) is 3.51. The van der Waals surface area contributed by atoms with E-state index in [1.807, 2.05) is 12.1 Å². The van der Waals surface area contributed by atoms with Crippen LogP contribution in [-0.2, 0) is 0 Å². The van der Waals surface area contributed by atoms with Crippen LogP contribution in [0.3, 0.4) is 0 Å². The Morgan fingerprint density at radius 1 is 0.957 bits per heavy atom. The topological polar surface area (TPSA) is 10.8 Å². The highest BCUT2D eigenvalue weighted by molar-refractivity contribution is 5.88. The second-order valence-corrected chi connectivity index (χ2v) is 6.51. The first-order valence-electron chi connectivity index (χ1n) is 7.97. The molecular weight excluding hydrogens is 282 g/mol. The smallest absolute Gasteiger partial charge is 0.189 e. The molecule has 0 N–H and O–H groups in total. The number of rotatable bonds is 1. The molecule has 1 aliphatic heterocycles. The van der Waals surface area contributed by atoms with E-state index in [4.69, 9.17) is 6.57 Å². The molecule has 0 unspecified atom stereocenters. The molecule has 0 bridgehead atoms. The van der Waals surface area contributed by atoms with E-state index >= 15 is 0 Å². The number of aryl methyl sites for hydroxylation is 2. The zero-order valence-corrected chi connectivity index (χ0v) is 14.7. The first kappa shape index (κ1) is 15.4. The Hall–Kier alpha value is -2.47. The summed E-state index contributed by atoms with van der Waals surface area (Å²) in [6.07, 6.45) is 0.226. The number of anilines is 3. The van der Waals surface area contributed by atoms with Gasteiger partial charge in [-0.1, -0.05) is 12.1 Å². The average Bonchev–Trinajstić information content (AvgIpc) is 2.78. The SMILES string of the molecule is [C-]#[N+]c1ccc2c(c1)N(c1c(C)c(C)cc(C)c1C)[C@@H](C)N2C. The number of hydrogen-bond donors (Lipinski definition) is 0. The lowest BCUT2D eigenvalue weighted by molar-refractivity contribution is 0.730. The summed E-state index contributed by atoms with van der Waals surface area (Å²) in [5.74, 6) is 0. The minimum Gasteiger partial charge on any atom is -0.353 e. The summed E-state index contributed by atoms with van der Waals surface area (Å²) in [5, 5.41) is 0. The molecule has 0 aliphatic carbocycles. The molecule has 3 rings (SSSR count). The molecule has 0 fully saturated rings. The molecule has 1 aliphatic rings. The summed E-state index contributed by atoms with van der Waals surface area (Å²) in [5.41, 5.74) is 9.54. The first-order valence-corrected chi connectivity index (χ1v) is 7.97. The lowest BCUT2D eigenvalue weighted by Crippen LogP contribution is -2.36. The second kappa shape index (κ2) is 5.31. The molecule has 0 radical (unpaired) electrons. The molecule has 23 heavy (non-hydrogen) atoms. The molecule has 118 valence electrons. The molecule has 1 heterocycles. The molecule has 0 spiro atoms. The molecule has 0 amide bonds. The van der Waals surface area contributed by atoms with Gasteiger partial charge in [0.1, 0.15) is 6.17 Å². The van der Waals surface area contributed by atoms with Crippen molar-refractivity contribution in [1.82, 2.24) is 0 Å². The zero-order chi connectivity index (χ0) is 16.9. The maximum absolute atomic E-state index is 7.32. The van der Waals surface area contributed by atoms with Gasteiger partial charge in [-0.05, 0) is 69.0 Å². The van der Waals surface area contributed by atoms with Gasteiger partial charge in [-0.25, -0.2) is 4.85 Å². The number of hydrogen-bond acceptors (Lipinski definition) is 2. The Balaban J connectivity index is 2.29. The van der Waals surface area contributed by atoms with Crippen molar-refractivity contribution in [2.45, 2.75) is 40.8 Å². The van der Waals surface area contributed by atoms with Crippen LogP contribution in [0.15, 0.2) is 24.3 Å². The Morgan fingerprint density at radius 3 is 2.13 bits per heavy atom.